The Kier molecular flexibility index (Phi) is 8.24. The van der Waals surface area contributed by atoms with Crippen molar-refractivity contribution < 1.29 is 23.9 Å². The maximum Gasteiger partial charge on any atom is 0.335 e. The van der Waals surface area contributed by atoms with Crippen LogP contribution in [0, 0.1) is 0 Å². The predicted molar refractivity (Wildman–Crippen MR) is 69.0 cm³/mol. The van der Waals surface area contributed by atoms with Crippen molar-refractivity contribution in [2.24, 2.45) is 0 Å². The summed E-state index contributed by atoms with van der Waals surface area (Å²) in [5, 5.41) is 2.50. The maximum absolute atomic E-state index is 11.6. The Bertz CT molecular complexity index is 373. The van der Waals surface area contributed by atoms with Crippen LogP contribution in [0.25, 0.3) is 0 Å². The van der Waals surface area contributed by atoms with Crippen LogP contribution in [0.5, 0.6) is 0 Å². The monoisotopic (exact) mass is 271 g/mol. The summed E-state index contributed by atoms with van der Waals surface area (Å²) < 4.78 is 9.54. The fourth-order valence-electron chi connectivity index (χ4n) is 1.45. The smallest absolute Gasteiger partial charge is 0.335 e. The molecule has 0 radical (unpaired) electrons. The third-order valence-electron chi connectivity index (χ3n) is 2.27. The van der Waals surface area contributed by atoms with E-state index in [-0.39, 0.29) is 19.6 Å². The molecule has 0 aromatic rings. The molecule has 0 aliphatic heterocycles. The lowest BCUT2D eigenvalue weighted by atomic mass is 10.1. The number of carbonyl (C=O) groups is 3. The third kappa shape index (κ3) is 6.59. The highest BCUT2D eigenvalue weighted by atomic mass is 16.5. The van der Waals surface area contributed by atoms with Crippen LogP contribution in [0.4, 0.5) is 0 Å². The average molecular weight is 271 g/mol. The molecular formula is C13H21NO5. The Labute approximate surface area is 113 Å². The van der Waals surface area contributed by atoms with E-state index in [1.807, 2.05) is 0 Å². The molecule has 0 aromatic heterocycles. The predicted octanol–water partition coefficient (Wildman–Crippen LogP) is 1.30. The fraction of sp³-hybridized carbons (Fsp3) is 0.615. The fourth-order valence-corrected chi connectivity index (χ4v) is 1.45. The second-order valence-corrected chi connectivity index (χ2v) is 3.71. The Morgan fingerprint density at radius 1 is 1.00 bits per heavy atom. The van der Waals surface area contributed by atoms with E-state index in [4.69, 9.17) is 4.74 Å². The number of esters is 2. The summed E-state index contributed by atoms with van der Waals surface area (Å²) >= 11 is 0. The molecule has 0 bridgehead atoms. The van der Waals surface area contributed by atoms with Gasteiger partial charge in [-0.1, -0.05) is 6.92 Å². The highest BCUT2D eigenvalue weighted by molar-refractivity contribution is 5.96. The summed E-state index contributed by atoms with van der Waals surface area (Å²) in [5.41, 5.74) is 0.786. The number of amides is 1. The number of hydrogen-bond acceptors (Lipinski definition) is 5. The summed E-state index contributed by atoms with van der Waals surface area (Å²) in [7, 11) is 0. The van der Waals surface area contributed by atoms with Crippen molar-refractivity contribution >= 4 is 17.8 Å². The zero-order valence-corrected chi connectivity index (χ0v) is 11.9. The van der Waals surface area contributed by atoms with Crippen molar-refractivity contribution in [3.63, 3.8) is 0 Å². The van der Waals surface area contributed by atoms with Crippen molar-refractivity contribution in [3.05, 3.63) is 11.3 Å². The molecule has 0 atom stereocenters. The van der Waals surface area contributed by atoms with Crippen LogP contribution in [0.15, 0.2) is 11.3 Å². The van der Waals surface area contributed by atoms with Gasteiger partial charge in [-0.15, -0.1) is 0 Å². The molecule has 19 heavy (non-hydrogen) atoms. The van der Waals surface area contributed by atoms with Crippen LogP contribution >= 0.6 is 0 Å². The van der Waals surface area contributed by atoms with Gasteiger partial charge >= 0.3 is 11.9 Å². The number of ether oxygens (including phenoxy) is 2. The van der Waals surface area contributed by atoms with Gasteiger partial charge in [0, 0.05) is 5.70 Å². The summed E-state index contributed by atoms with van der Waals surface area (Å²) in [6, 6.07) is 0. The first-order valence-corrected chi connectivity index (χ1v) is 6.28. The van der Waals surface area contributed by atoms with Gasteiger partial charge in [0.15, 0.2) is 0 Å². The summed E-state index contributed by atoms with van der Waals surface area (Å²) in [6.07, 6.45) is 0.0648. The van der Waals surface area contributed by atoms with Crippen LogP contribution in [0.1, 0.15) is 40.5 Å². The number of hydrogen-bond donors (Lipinski definition) is 1. The Morgan fingerprint density at radius 2 is 1.58 bits per heavy atom. The van der Waals surface area contributed by atoms with Gasteiger partial charge in [-0.2, -0.15) is 0 Å². The highest BCUT2D eigenvalue weighted by Gasteiger charge is 2.15. The molecule has 0 fully saturated rings. The van der Waals surface area contributed by atoms with E-state index in [0.29, 0.717) is 17.7 Å². The standard InChI is InChI=1S/C13H21NO5/c1-5-10(13(17)19-7-3)9(4)14-11(15)8-12(16)18-6-2/h5-8H2,1-4H3,(H,14,15). The molecule has 0 saturated heterocycles. The quantitative estimate of drug-likeness (QED) is 0.429. The van der Waals surface area contributed by atoms with Gasteiger partial charge in [-0.05, 0) is 27.2 Å². The molecule has 0 heterocycles. The van der Waals surface area contributed by atoms with E-state index in [1.54, 1.807) is 27.7 Å². The van der Waals surface area contributed by atoms with Gasteiger partial charge in [0.2, 0.25) is 5.91 Å². The van der Waals surface area contributed by atoms with E-state index >= 15 is 0 Å². The largest absolute Gasteiger partial charge is 0.466 e. The van der Waals surface area contributed by atoms with E-state index in [9.17, 15) is 14.4 Å². The maximum atomic E-state index is 11.6. The number of nitrogens with one attached hydrogen (secondary N) is 1. The Morgan fingerprint density at radius 3 is 2.05 bits per heavy atom. The van der Waals surface area contributed by atoms with Gasteiger partial charge in [-0.3, -0.25) is 9.59 Å². The lowest BCUT2D eigenvalue weighted by Gasteiger charge is -2.11. The van der Waals surface area contributed by atoms with E-state index in [2.05, 4.69) is 10.1 Å². The molecule has 1 amide bonds. The molecule has 0 spiro atoms. The van der Waals surface area contributed by atoms with Crippen molar-refractivity contribution in [3.8, 4) is 0 Å². The first-order valence-electron chi connectivity index (χ1n) is 6.28. The molecule has 0 aliphatic rings. The summed E-state index contributed by atoms with van der Waals surface area (Å²) in [5.74, 6) is -1.56. The Balaban J connectivity index is 4.61. The van der Waals surface area contributed by atoms with E-state index < -0.39 is 17.8 Å². The topological polar surface area (TPSA) is 81.7 Å². The second-order valence-electron chi connectivity index (χ2n) is 3.71. The molecule has 0 saturated carbocycles. The first-order chi connectivity index (χ1) is 8.96. The molecule has 6 nitrogen and oxygen atoms in total. The van der Waals surface area contributed by atoms with Crippen molar-refractivity contribution in [2.75, 3.05) is 13.2 Å². The van der Waals surface area contributed by atoms with Crippen molar-refractivity contribution in [1.29, 1.82) is 0 Å². The van der Waals surface area contributed by atoms with E-state index in [0.717, 1.165) is 0 Å². The molecule has 0 rings (SSSR count). The van der Waals surface area contributed by atoms with Crippen LogP contribution in [0.3, 0.4) is 0 Å². The third-order valence-corrected chi connectivity index (χ3v) is 2.27. The number of rotatable bonds is 7. The minimum Gasteiger partial charge on any atom is -0.466 e. The molecule has 0 aromatic carbocycles. The SMILES string of the molecule is CCOC(=O)CC(=O)NC(C)=C(CC)C(=O)OCC. The molecule has 0 aliphatic carbocycles. The second kappa shape index (κ2) is 9.13. The normalized spacial score (nSPS) is 11.4. The first kappa shape index (κ1) is 17.2. The zero-order chi connectivity index (χ0) is 14.8. The Hall–Kier alpha value is -1.85. The average Bonchev–Trinajstić information content (AvgIpc) is 2.29. The molecule has 0 unspecified atom stereocenters. The van der Waals surface area contributed by atoms with Crippen LogP contribution in [0.2, 0.25) is 0 Å². The minimum atomic E-state index is -0.595. The van der Waals surface area contributed by atoms with Crippen LogP contribution in [-0.4, -0.2) is 31.1 Å². The summed E-state index contributed by atoms with van der Waals surface area (Å²) in [4.78, 5) is 34.3. The number of carbonyl (C=O) groups excluding carboxylic acids is 3. The number of allylic oxidation sites excluding steroid dienone is 1. The van der Waals surface area contributed by atoms with Gasteiger partial charge < -0.3 is 14.8 Å². The van der Waals surface area contributed by atoms with Gasteiger partial charge in [0.25, 0.3) is 0 Å². The summed E-state index contributed by atoms with van der Waals surface area (Å²) in [6.45, 7) is 7.25. The van der Waals surface area contributed by atoms with Crippen LogP contribution < -0.4 is 5.32 Å². The van der Waals surface area contributed by atoms with Gasteiger partial charge in [-0.25, -0.2) is 4.79 Å². The van der Waals surface area contributed by atoms with Crippen molar-refractivity contribution in [2.45, 2.75) is 40.5 Å². The van der Waals surface area contributed by atoms with E-state index in [1.165, 1.54) is 0 Å². The zero-order valence-electron chi connectivity index (χ0n) is 11.9. The van der Waals surface area contributed by atoms with Crippen molar-refractivity contribution in [1.82, 2.24) is 5.32 Å². The minimum absolute atomic E-state index is 0.226. The molecule has 1 N–H and O–H groups in total. The molecule has 108 valence electrons. The van der Waals surface area contributed by atoms with Gasteiger partial charge in [0.05, 0.1) is 18.8 Å². The van der Waals surface area contributed by atoms with Gasteiger partial charge in [0.1, 0.15) is 6.42 Å². The molecule has 6 heteroatoms. The lowest BCUT2D eigenvalue weighted by Crippen LogP contribution is -2.27. The van der Waals surface area contributed by atoms with Crippen LogP contribution in [-0.2, 0) is 23.9 Å². The lowest BCUT2D eigenvalue weighted by molar-refractivity contribution is -0.145. The molecular weight excluding hydrogens is 250 g/mol. The highest BCUT2D eigenvalue weighted by Crippen LogP contribution is 2.09.